The van der Waals surface area contributed by atoms with Crippen molar-refractivity contribution in [2.24, 2.45) is 5.92 Å². The van der Waals surface area contributed by atoms with Gasteiger partial charge in [-0.05, 0) is 34.0 Å². The van der Waals surface area contributed by atoms with Crippen LogP contribution in [0.3, 0.4) is 0 Å². The monoisotopic (exact) mass is 356 g/mol. The van der Waals surface area contributed by atoms with Crippen molar-refractivity contribution in [1.82, 2.24) is 9.88 Å². The molecule has 0 aromatic carbocycles. The molecule has 0 spiro atoms. The molecule has 0 bridgehead atoms. The summed E-state index contributed by atoms with van der Waals surface area (Å²) in [5.41, 5.74) is 0.466. The molecule has 5 nitrogen and oxygen atoms in total. The quantitative estimate of drug-likeness (QED) is 0.556. The van der Waals surface area contributed by atoms with E-state index in [0.717, 1.165) is 12.8 Å². The van der Waals surface area contributed by atoms with Crippen LogP contribution in [0.15, 0.2) is 22.9 Å². The van der Waals surface area contributed by atoms with Crippen molar-refractivity contribution < 1.29 is 14.3 Å². The first-order valence-electron chi connectivity index (χ1n) is 6.99. The molecule has 0 aliphatic heterocycles. The average Bonchev–Trinajstić information content (AvgIpc) is 2.51. The molecule has 0 saturated carbocycles. The fourth-order valence-electron chi connectivity index (χ4n) is 1.98. The number of aromatic nitrogens is 1. The first-order valence-corrected chi connectivity index (χ1v) is 7.78. The number of amides is 1. The van der Waals surface area contributed by atoms with Crippen molar-refractivity contribution in [3.63, 3.8) is 0 Å². The Morgan fingerprint density at radius 1 is 1.33 bits per heavy atom. The summed E-state index contributed by atoms with van der Waals surface area (Å²) in [5.74, 6) is -0.256. The van der Waals surface area contributed by atoms with Crippen LogP contribution < -0.4 is 0 Å². The Labute approximate surface area is 133 Å². The molecule has 1 rings (SSSR count). The molecule has 1 heterocycles. The van der Waals surface area contributed by atoms with Crippen molar-refractivity contribution in [3.05, 3.63) is 28.5 Å². The summed E-state index contributed by atoms with van der Waals surface area (Å²) in [7, 11) is 1.32. The van der Waals surface area contributed by atoms with Gasteiger partial charge in [0, 0.05) is 12.7 Å². The molecule has 6 heteroatoms. The normalized spacial score (nSPS) is 10.5. The standard InChI is InChI=1S/C15H21BrN2O3/c1-4-11(5-2)9-18(10-14(19)21-3)15(20)12-6-7-13(16)17-8-12/h6-8,11H,4-5,9-10H2,1-3H3. The second kappa shape index (κ2) is 8.77. The van der Waals surface area contributed by atoms with E-state index >= 15 is 0 Å². The van der Waals surface area contributed by atoms with Crippen LogP contribution in [0.25, 0.3) is 0 Å². The zero-order chi connectivity index (χ0) is 15.8. The van der Waals surface area contributed by atoms with E-state index in [-0.39, 0.29) is 12.5 Å². The van der Waals surface area contributed by atoms with Gasteiger partial charge in [-0.3, -0.25) is 9.59 Å². The lowest BCUT2D eigenvalue weighted by molar-refractivity contribution is -0.141. The van der Waals surface area contributed by atoms with Crippen LogP contribution in [-0.2, 0) is 9.53 Å². The molecule has 116 valence electrons. The van der Waals surface area contributed by atoms with Crippen LogP contribution in [-0.4, -0.2) is 42.0 Å². The number of pyridine rings is 1. The maximum absolute atomic E-state index is 12.5. The summed E-state index contributed by atoms with van der Waals surface area (Å²) >= 11 is 3.24. The minimum absolute atomic E-state index is 0.0398. The number of carbonyl (C=O) groups is 2. The number of nitrogens with zero attached hydrogens (tertiary/aromatic N) is 2. The van der Waals surface area contributed by atoms with Gasteiger partial charge in [-0.25, -0.2) is 4.98 Å². The Morgan fingerprint density at radius 2 is 2.00 bits per heavy atom. The molecule has 0 fully saturated rings. The second-order valence-electron chi connectivity index (χ2n) is 4.81. The molecule has 1 aromatic rings. The number of esters is 1. The van der Waals surface area contributed by atoms with Gasteiger partial charge in [0.15, 0.2) is 0 Å². The van der Waals surface area contributed by atoms with Gasteiger partial charge in [-0.2, -0.15) is 0 Å². The van der Waals surface area contributed by atoms with Gasteiger partial charge < -0.3 is 9.64 Å². The Balaban J connectivity index is 2.90. The van der Waals surface area contributed by atoms with E-state index in [1.165, 1.54) is 18.2 Å². The average molecular weight is 357 g/mol. The van der Waals surface area contributed by atoms with E-state index < -0.39 is 5.97 Å². The molecule has 1 aromatic heterocycles. The lowest BCUT2D eigenvalue weighted by Gasteiger charge is -2.25. The fourth-order valence-corrected chi connectivity index (χ4v) is 2.22. The summed E-state index contributed by atoms with van der Waals surface area (Å²) in [6.07, 6.45) is 3.42. The van der Waals surface area contributed by atoms with E-state index in [4.69, 9.17) is 0 Å². The molecule has 1 amide bonds. The molecular weight excluding hydrogens is 336 g/mol. The van der Waals surface area contributed by atoms with Gasteiger partial charge >= 0.3 is 5.97 Å². The summed E-state index contributed by atoms with van der Waals surface area (Å²) in [4.78, 5) is 29.7. The van der Waals surface area contributed by atoms with Crippen LogP contribution in [0.1, 0.15) is 37.0 Å². The third-order valence-corrected chi connectivity index (χ3v) is 3.91. The number of ether oxygens (including phenoxy) is 1. The molecule has 0 unspecified atom stereocenters. The molecule has 0 aliphatic rings. The van der Waals surface area contributed by atoms with Crippen LogP contribution in [0.4, 0.5) is 0 Å². The van der Waals surface area contributed by atoms with Gasteiger partial charge in [0.1, 0.15) is 11.1 Å². The number of hydrogen-bond acceptors (Lipinski definition) is 4. The molecule has 0 saturated heterocycles. The van der Waals surface area contributed by atoms with E-state index in [0.29, 0.717) is 22.6 Å². The summed E-state index contributed by atoms with van der Waals surface area (Å²) < 4.78 is 5.34. The van der Waals surface area contributed by atoms with Crippen molar-refractivity contribution in [2.75, 3.05) is 20.2 Å². The van der Waals surface area contributed by atoms with E-state index in [1.807, 2.05) is 0 Å². The highest BCUT2D eigenvalue weighted by molar-refractivity contribution is 9.10. The van der Waals surface area contributed by atoms with Gasteiger partial charge in [-0.15, -0.1) is 0 Å². The smallest absolute Gasteiger partial charge is 0.325 e. The summed E-state index contributed by atoms with van der Waals surface area (Å²) in [5, 5.41) is 0. The zero-order valence-corrected chi connectivity index (χ0v) is 14.2. The highest BCUT2D eigenvalue weighted by Gasteiger charge is 2.22. The van der Waals surface area contributed by atoms with E-state index in [2.05, 4.69) is 39.5 Å². The fraction of sp³-hybridized carbons (Fsp3) is 0.533. The highest BCUT2D eigenvalue weighted by atomic mass is 79.9. The van der Waals surface area contributed by atoms with Gasteiger partial charge in [0.05, 0.1) is 12.7 Å². The molecule has 0 aliphatic carbocycles. The van der Waals surface area contributed by atoms with Gasteiger partial charge in [0.2, 0.25) is 0 Å². The zero-order valence-electron chi connectivity index (χ0n) is 12.6. The minimum Gasteiger partial charge on any atom is -0.468 e. The van der Waals surface area contributed by atoms with Crippen LogP contribution in [0, 0.1) is 5.92 Å². The Kier molecular flexibility index (Phi) is 7.36. The predicted molar refractivity (Wildman–Crippen MR) is 83.9 cm³/mol. The Bertz CT molecular complexity index is 472. The van der Waals surface area contributed by atoms with Crippen LogP contribution in [0.5, 0.6) is 0 Å². The molecule has 0 radical (unpaired) electrons. The highest BCUT2D eigenvalue weighted by Crippen LogP contribution is 2.14. The Morgan fingerprint density at radius 3 is 2.48 bits per heavy atom. The number of methoxy groups -OCH3 is 1. The third kappa shape index (κ3) is 5.46. The third-order valence-electron chi connectivity index (χ3n) is 3.44. The van der Waals surface area contributed by atoms with Crippen molar-refractivity contribution in [1.29, 1.82) is 0 Å². The van der Waals surface area contributed by atoms with Gasteiger partial charge in [0.25, 0.3) is 5.91 Å². The lowest BCUT2D eigenvalue weighted by atomic mass is 10.0. The molecule has 21 heavy (non-hydrogen) atoms. The maximum atomic E-state index is 12.5. The van der Waals surface area contributed by atoms with Crippen molar-refractivity contribution in [3.8, 4) is 0 Å². The maximum Gasteiger partial charge on any atom is 0.325 e. The molecule has 0 N–H and O–H groups in total. The summed E-state index contributed by atoms with van der Waals surface area (Å²) in [6, 6.07) is 3.40. The predicted octanol–water partition coefficient (Wildman–Crippen LogP) is 2.90. The lowest BCUT2D eigenvalue weighted by Crippen LogP contribution is -2.39. The SMILES string of the molecule is CCC(CC)CN(CC(=O)OC)C(=O)c1ccc(Br)nc1. The largest absolute Gasteiger partial charge is 0.468 e. The number of carbonyl (C=O) groups excluding carboxylic acids is 2. The molecule has 0 atom stereocenters. The number of rotatable bonds is 7. The Hall–Kier alpha value is -1.43. The first kappa shape index (κ1) is 17.6. The van der Waals surface area contributed by atoms with Crippen LogP contribution in [0.2, 0.25) is 0 Å². The van der Waals surface area contributed by atoms with Crippen molar-refractivity contribution >= 4 is 27.8 Å². The van der Waals surface area contributed by atoms with E-state index in [1.54, 1.807) is 12.1 Å². The number of hydrogen-bond donors (Lipinski definition) is 0. The van der Waals surface area contributed by atoms with E-state index in [9.17, 15) is 9.59 Å². The van der Waals surface area contributed by atoms with Crippen LogP contribution >= 0.6 is 15.9 Å². The number of halogens is 1. The first-order chi connectivity index (χ1) is 10.0. The van der Waals surface area contributed by atoms with Gasteiger partial charge in [-0.1, -0.05) is 26.7 Å². The molecular formula is C15H21BrN2O3. The minimum atomic E-state index is -0.417. The van der Waals surface area contributed by atoms with Crippen molar-refractivity contribution in [2.45, 2.75) is 26.7 Å². The summed E-state index contributed by atoms with van der Waals surface area (Å²) in [6.45, 7) is 4.66. The second-order valence-corrected chi connectivity index (χ2v) is 5.63. The topological polar surface area (TPSA) is 59.5 Å².